The molecular weight excluding hydrogens is 160 g/mol. The van der Waals surface area contributed by atoms with E-state index < -0.39 is 0 Å². The Kier molecular flexibility index (Phi) is 2.89. The van der Waals surface area contributed by atoms with Crippen molar-refractivity contribution in [3.63, 3.8) is 0 Å². The summed E-state index contributed by atoms with van der Waals surface area (Å²) in [4.78, 5) is 2.75. The average molecular weight is 182 g/mol. The molecule has 0 aliphatic carbocycles. The van der Waals surface area contributed by atoms with E-state index in [4.69, 9.17) is 0 Å². The summed E-state index contributed by atoms with van der Waals surface area (Å²) in [6, 6.07) is 2.42. The van der Waals surface area contributed by atoms with Crippen molar-refractivity contribution in [3.8, 4) is 0 Å². The third kappa shape index (κ3) is 1.89. The third-order valence-corrected chi connectivity index (χ3v) is 3.55. The van der Waals surface area contributed by atoms with E-state index >= 15 is 0 Å². The standard InChI is InChI=1S/C11H22N2/c1-9(2)13-10-4-3-5-11(13)8-12-7-6-10/h9-12H,3-8H2,1-2H3/t10-,11-/m1/s1. The van der Waals surface area contributed by atoms with Crippen LogP contribution >= 0.6 is 0 Å². The smallest absolute Gasteiger partial charge is 0.0226 e. The van der Waals surface area contributed by atoms with E-state index in [2.05, 4.69) is 24.1 Å². The van der Waals surface area contributed by atoms with Crippen LogP contribution in [0.15, 0.2) is 0 Å². The first-order valence-corrected chi connectivity index (χ1v) is 5.77. The van der Waals surface area contributed by atoms with Crippen LogP contribution in [0.3, 0.4) is 0 Å². The van der Waals surface area contributed by atoms with Crippen LogP contribution in [0, 0.1) is 0 Å². The van der Waals surface area contributed by atoms with Crippen molar-refractivity contribution in [3.05, 3.63) is 0 Å². The highest BCUT2D eigenvalue weighted by atomic mass is 15.2. The average Bonchev–Trinajstić information content (AvgIpc) is 2.22. The van der Waals surface area contributed by atoms with Crippen LogP contribution in [0.1, 0.15) is 39.5 Å². The predicted octanol–water partition coefficient (Wildman–Crippen LogP) is 1.61. The highest BCUT2D eigenvalue weighted by Gasteiger charge is 2.33. The fourth-order valence-corrected chi connectivity index (χ4v) is 3.07. The second kappa shape index (κ2) is 3.97. The van der Waals surface area contributed by atoms with E-state index in [1.165, 1.54) is 38.8 Å². The Morgan fingerprint density at radius 1 is 1.15 bits per heavy atom. The number of piperidine rings is 1. The lowest BCUT2D eigenvalue weighted by molar-refractivity contribution is 0.0614. The lowest BCUT2D eigenvalue weighted by atomic mass is 9.93. The van der Waals surface area contributed by atoms with Crippen LogP contribution in [0.4, 0.5) is 0 Å². The van der Waals surface area contributed by atoms with Crippen LogP contribution in [-0.2, 0) is 0 Å². The maximum atomic E-state index is 3.56. The Morgan fingerprint density at radius 2 is 1.92 bits per heavy atom. The molecule has 0 aromatic heterocycles. The molecule has 0 amide bonds. The number of hydrogen-bond acceptors (Lipinski definition) is 2. The second-order valence-electron chi connectivity index (χ2n) is 4.77. The minimum Gasteiger partial charge on any atom is -0.315 e. The zero-order valence-electron chi connectivity index (χ0n) is 8.92. The molecule has 0 saturated carbocycles. The highest BCUT2D eigenvalue weighted by Crippen LogP contribution is 2.28. The van der Waals surface area contributed by atoms with Crippen LogP contribution in [-0.4, -0.2) is 36.1 Å². The summed E-state index contributed by atoms with van der Waals surface area (Å²) in [5.74, 6) is 0. The van der Waals surface area contributed by atoms with Gasteiger partial charge in [0.2, 0.25) is 0 Å². The van der Waals surface area contributed by atoms with Gasteiger partial charge in [0.05, 0.1) is 0 Å². The summed E-state index contributed by atoms with van der Waals surface area (Å²) in [6.07, 6.45) is 5.63. The number of nitrogens with one attached hydrogen (secondary N) is 1. The molecule has 2 aliphatic rings. The van der Waals surface area contributed by atoms with Crippen LogP contribution < -0.4 is 5.32 Å². The molecule has 0 aromatic rings. The Hall–Kier alpha value is -0.0800. The first-order valence-electron chi connectivity index (χ1n) is 5.77. The van der Waals surface area contributed by atoms with Crippen molar-refractivity contribution in [1.82, 2.24) is 10.2 Å². The van der Waals surface area contributed by atoms with E-state index in [0.717, 1.165) is 18.1 Å². The SMILES string of the molecule is CC(C)N1[C@@H]2CCC[C@@H]1CNCC2. The van der Waals surface area contributed by atoms with Gasteiger partial charge in [-0.2, -0.15) is 0 Å². The zero-order chi connectivity index (χ0) is 9.26. The maximum absolute atomic E-state index is 3.56. The molecule has 2 heterocycles. The van der Waals surface area contributed by atoms with Gasteiger partial charge in [-0.05, 0) is 39.7 Å². The van der Waals surface area contributed by atoms with Crippen molar-refractivity contribution in [1.29, 1.82) is 0 Å². The first-order chi connectivity index (χ1) is 6.29. The summed E-state index contributed by atoms with van der Waals surface area (Å²) in [6.45, 7) is 7.13. The van der Waals surface area contributed by atoms with Crippen molar-refractivity contribution < 1.29 is 0 Å². The molecule has 1 N–H and O–H groups in total. The number of nitrogens with zero attached hydrogens (tertiary/aromatic N) is 1. The van der Waals surface area contributed by atoms with E-state index in [-0.39, 0.29) is 0 Å². The molecular formula is C11H22N2. The number of hydrogen-bond donors (Lipinski definition) is 1. The van der Waals surface area contributed by atoms with Gasteiger partial charge in [0.15, 0.2) is 0 Å². The van der Waals surface area contributed by atoms with Gasteiger partial charge >= 0.3 is 0 Å². The molecule has 0 aromatic carbocycles. The Morgan fingerprint density at radius 3 is 2.69 bits per heavy atom. The summed E-state index contributed by atoms with van der Waals surface area (Å²) in [5.41, 5.74) is 0. The topological polar surface area (TPSA) is 15.3 Å². The third-order valence-electron chi connectivity index (χ3n) is 3.55. The van der Waals surface area contributed by atoms with Gasteiger partial charge in [0.25, 0.3) is 0 Å². The molecule has 2 saturated heterocycles. The predicted molar refractivity (Wildman–Crippen MR) is 55.9 cm³/mol. The second-order valence-corrected chi connectivity index (χ2v) is 4.77. The van der Waals surface area contributed by atoms with Gasteiger partial charge in [-0.15, -0.1) is 0 Å². The van der Waals surface area contributed by atoms with Crippen LogP contribution in [0.2, 0.25) is 0 Å². The van der Waals surface area contributed by atoms with Crippen LogP contribution in [0.25, 0.3) is 0 Å². The molecule has 2 aliphatic heterocycles. The Bertz CT molecular complexity index is 153. The molecule has 2 nitrogen and oxygen atoms in total. The van der Waals surface area contributed by atoms with Crippen molar-refractivity contribution in [2.24, 2.45) is 0 Å². The van der Waals surface area contributed by atoms with Gasteiger partial charge in [-0.1, -0.05) is 6.42 Å². The van der Waals surface area contributed by atoms with Crippen molar-refractivity contribution in [2.75, 3.05) is 13.1 Å². The largest absolute Gasteiger partial charge is 0.315 e. The fraction of sp³-hybridized carbons (Fsp3) is 1.00. The lowest BCUT2D eigenvalue weighted by Gasteiger charge is -2.43. The number of fused-ring (bicyclic) bond motifs is 2. The van der Waals surface area contributed by atoms with E-state index in [1.54, 1.807) is 0 Å². The minimum absolute atomic E-state index is 0.732. The van der Waals surface area contributed by atoms with Gasteiger partial charge in [-0.25, -0.2) is 0 Å². The molecule has 0 spiro atoms. The molecule has 2 atom stereocenters. The minimum atomic E-state index is 0.732. The zero-order valence-corrected chi connectivity index (χ0v) is 8.92. The summed E-state index contributed by atoms with van der Waals surface area (Å²) in [5, 5.41) is 3.56. The molecule has 2 fully saturated rings. The van der Waals surface area contributed by atoms with E-state index in [0.29, 0.717) is 0 Å². The molecule has 13 heavy (non-hydrogen) atoms. The molecule has 76 valence electrons. The normalized spacial score (nSPS) is 36.2. The van der Waals surface area contributed by atoms with Crippen molar-refractivity contribution in [2.45, 2.75) is 57.7 Å². The molecule has 2 heteroatoms. The van der Waals surface area contributed by atoms with Gasteiger partial charge in [0, 0.05) is 24.7 Å². The van der Waals surface area contributed by atoms with Gasteiger partial charge in [-0.3, -0.25) is 4.90 Å². The van der Waals surface area contributed by atoms with Crippen molar-refractivity contribution >= 4 is 0 Å². The quantitative estimate of drug-likeness (QED) is 0.663. The first kappa shape index (κ1) is 9.47. The maximum Gasteiger partial charge on any atom is 0.0226 e. The summed E-state index contributed by atoms with van der Waals surface area (Å²) in [7, 11) is 0. The summed E-state index contributed by atoms with van der Waals surface area (Å²) >= 11 is 0. The summed E-state index contributed by atoms with van der Waals surface area (Å²) < 4.78 is 0. The van der Waals surface area contributed by atoms with E-state index in [9.17, 15) is 0 Å². The van der Waals surface area contributed by atoms with Gasteiger partial charge in [0.1, 0.15) is 0 Å². The molecule has 2 bridgehead atoms. The number of rotatable bonds is 1. The van der Waals surface area contributed by atoms with E-state index in [1.807, 2.05) is 0 Å². The monoisotopic (exact) mass is 182 g/mol. The highest BCUT2D eigenvalue weighted by molar-refractivity contribution is 4.90. The van der Waals surface area contributed by atoms with Crippen LogP contribution in [0.5, 0.6) is 0 Å². The molecule has 2 rings (SSSR count). The Labute approximate surface area is 81.7 Å². The molecule has 0 unspecified atom stereocenters. The molecule has 0 radical (unpaired) electrons. The lowest BCUT2D eigenvalue weighted by Crippen LogP contribution is -2.51. The fourth-order valence-electron chi connectivity index (χ4n) is 3.07. The van der Waals surface area contributed by atoms with Gasteiger partial charge < -0.3 is 5.32 Å². The Balaban J connectivity index is 2.11.